The van der Waals surface area contributed by atoms with Crippen molar-refractivity contribution in [2.75, 3.05) is 37.8 Å². The summed E-state index contributed by atoms with van der Waals surface area (Å²) in [6, 6.07) is 7.99. The number of carbonyl (C=O) groups is 2. The molecular weight excluding hydrogens is 482 g/mol. The van der Waals surface area contributed by atoms with Gasteiger partial charge in [0.15, 0.2) is 9.84 Å². The number of likely N-dealkylation sites (tertiary alicyclic amines) is 2. The van der Waals surface area contributed by atoms with Crippen molar-refractivity contribution in [1.82, 2.24) is 9.80 Å². The number of hydrogen-bond acceptors (Lipinski definition) is 7. The van der Waals surface area contributed by atoms with Crippen LogP contribution in [0.2, 0.25) is 0 Å². The lowest BCUT2D eigenvalue weighted by atomic mass is 10.1. The molecule has 2 aromatic rings. The highest BCUT2D eigenvalue weighted by Gasteiger charge is 2.33. The number of benzene rings is 1. The van der Waals surface area contributed by atoms with Gasteiger partial charge in [-0.15, -0.1) is 0 Å². The quantitative estimate of drug-likeness (QED) is 0.463. The molecule has 2 aliphatic rings. The first-order valence-corrected chi connectivity index (χ1v) is 14.1. The first-order chi connectivity index (χ1) is 17.2. The number of nitrogens with zero attached hydrogens (tertiary/aromatic N) is 4. The Hall–Kier alpha value is -3.39. The Balaban J connectivity index is 1.63. The highest BCUT2D eigenvalue weighted by atomic mass is 32.2. The fourth-order valence-electron chi connectivity index (χ4n) is 4.69. The number of fused-ring (bicyclic) bond motifs is 1. The lowest BCUT2D eigenvalue weighted by Gasteiger charge is -2.25. The first kappa shape index (κ1) is 25.7. The molecule has 2 saturated heterocycles. The van der Waals surface area contributed by atoms with E-state index in [2.05, 4.69) is 10.3 Å². The van der Waals surface area contributed by atoms with Crippen LogP contribution in [0.5, 0.6) is 0 Å². The molecule has 0 spiro atoms. The van der Waals surface area contributed by atoms with Gasteiger partial charge in [-0.2, -0.15) is 5.26 Å². The Kier molecular flexibility index (Phi) is 7.64. The summed E-state index contributed by atoms with van der Waals surface area (Å²) in [6.45, 7) is 3.66. The summed E-state index contributed by atoms with van der Waals surface area (Å²) >= 11 is 0. The molecule has 1 N–H and O–H groups in total. The van der Waals surface area contributed by atoms with Crippen molar-refractivity contribution < 1.29 is 22.4 Å². The van der Waals surface area contributed by atoms with Crippen LogP contribution >= 0.6 is 0 Å². The van der Waals surface area contributed by atoms with Gasteiger partial charge in [-0.1, -0.05) is 0 Å². The normalized spacial score (nSPS) is 20.3. The van der Waals surface area contributed by atoms with Crippen LogP contribution in [0.1, 0.15) is 37.9 Å². The molecule has 36 heavy (non-hydrogen) atoms. The van der Waals surface area contributed by atoms with Crippen LogP contribution in [-0.4, -0.2) is 79.6 Å². The Labute approximate surface area is 210 Å². The topological polar surface area (TPSA) is 136 Å². The van der Waals surface area contributed by atoms with Crippen molar-refractivity contribution in [3.05, 3.63) is 30.0 Å². The zero-order valence-corrected chi connectivity index (χ0v) is 21.4. The largest absolute Gasteiger partial charge is 0.461 e. The second kappa shape index (κ2) is 10.7. The van der Waals surface area contributed by atoms with Gasteiger partial charge in [0.05, 0.1) is 12.6 Å². The number of nitrogens with one attached hydrogen (secondary N) is 1. The van der Waals surface area contributed by atoms with Crippen molar-refractivity contribution >= 4 is 44.1 Å². The maximum Gasteiger partial charge on any atom is 0.247 e. The third-order valence-corrected chi connectivity index (χ3v) is 7.72. The summed E-state index contributed by atoms with van der Waals surface area (Å²) in [5.41, 5.74) is 1.20. The van der Waals surface area contributed by atoms with E-state index in [4.69, 9.17) is 4.42 Å². The molecule has 4 rings (SSSR count). The lowest BCUT2D eigenvalue weighted by Crippen LogP contribution is -2.45. The Morgan fingerprint density at radius 3 is 2.64 bits per heavy atom. The number of amides is 2. The molecule has 192 valence electrons. The summed E-state index contributed by atoms with van der Waals surface area (Å²) in [5, 5.41) is 11.9. The van der Waals surface area contributed by atoms with E-state index >= 15 is 0 Å². The van der Waals surface area contributed by atoms with Crippen molar-refractivity contribution in [2.45, 2.75) is 50.3 Å². The van der Waals surface area contributed by atoms with Gasteiger partial charge < -0.3 is 19.5 Å². The van der Waals surface area contributed by atoms with E-state index in [1.807, 2.05) is 19.1 Å². The summed E-state index contributed by atoms with van der Waals surface area (Å²) in [7, 11) is -3.85. The van der Waals surface area contributed by atoms with Crippen molar-refractivity contribution in [2.24, 2.45) is 4.99 Å². The van der Waals surface area contributed by atoms with Crippen molar-refractivity contribution in [3.63, 3.8) is 0 Å². The first-order valence-electron chi connectivity index (χ1n) is 12.2. The van der Waals surface area contributed by atoms with Crippen LogP contribution in [0.15, 0.2) is 33.7 Å². The number of aliphatic imine (C=N–C) groups is 1. The highest BCUT2D eigenvalue weighted by Crippen LogP contribution is 2.24. The van der Waals surface area contributed by atoms with Crippen molar-refractivity contribution in [1.29, 1.82) is 5.26 Å². The molecule has 0 saturated carbocycles. The summed E-state index contributed by atoms with van der Waals surface area (Å²) in [5.74, 6) is 0.212. The molecule has 2 amide bonds. The number of sulfone groups is 1. The minimum atomic E-state index is -3.85. The number of rotatable bonds is 6. The summed E-state index contributed by atoms with van der Waals surface area (Å²) < 4.78 is 30.5. The molecule has 2 fully saturated rings. The van der Waals surface area contributed by atoms with E-state index in [1.165, 1.54) is 4.90 Å². The molecular formula is C25H31N5O5S. The van der Waals surface area contributed by atoms with E-state index in [0.717, 1.165) is 36.7 Å². The molecule has 0 bridgehead atoms. The SMILES string of the molecule is Cc1cc2cc(NC(=N[C@H]3CCCCN(CC(=O)N4CCCC4)C3=O)C(C#N)S(C)(=O)=O)ccc2o1. The third-order valence-electron chi connectivity index (χ3n) is 6.54. The number of carbonyl (C=O) groups excluding carboxylic acids is 2. The standard InChI is InChI=1S/C25H31N5O5S/c1-17-13-18-14-19(8-9-21(18)35-17)27-24(22(15-26)36(2,33)34)28-20-7-3-4-12-30(25(20)32)16-23(31)29-10-5-6-11-29/h8-9,13-14,20,22H,3-7,10-12,16H2,1-2H3,(H,27,28)/t20-,22?/m0/s1. The molecule has 3 heterocycles. The minimum Gasteiger partial charge on any atom is -0.461 e. The Morgan fingerprint density at radius 1 is 1.22 bits per heavy atom. The van der Waals surface area contributed by atoms with Crippen LogP contribution in [0.4, 0.5) is 5.69 Å². The monoisotopic (exact) mass is 513 g/mol. The average molecular weight is 514 g/mol. The minimum absolute atomic E-state index is 0.0160. The highest BCUT2D eigenvalue weighted by molar-refractivity contribution is 7.92. The lowest BCUT2D eigenvalue weighted by molar-refractivity contribution is -0.140. The van der Waals surface area contributed by atoms with E-state index in [1.54, 1.807) is 23.1 Å². The number of amidine groups is 1. The van der Waals surface area contributed by atoms with Crippen LogP contribution in [0, 0.1) is 18.3 Å². The molecule has 2 aliphatic heterocycles. The Bertz CT molecular complexity index is 1320. The molecule has 1 aromatic heterocycles. The van der Waals surface area contributed by atoms with Gasteiger partial charge in [0.2, 0.25) is 17.1 Å². The van der Waals surface area contributed by atoms with Gasteiger partial charge >= 0.3 is 0 Å². The van der Waals surface area contributed by atoms with Crippen LogP contribution in [-0.2, 0) is 19.4 Å². The van der Waals surface area contributed by atoms with Gasteiger partial charge in [0.25, 0.3) is 0 Å². The average Bonchev–Trinajstić information content (AvgIpc) is 3.44. The smallest absolute Gasteiger partial charge is 0.247 e. The zero-order chi connectivity index (χ0) is 25.9. The van der Waals surface area contributed by atoms with Gasteiger partial charge in [0, 0.05) is 37.0 Å². The van der Waals surface area contributed by atoms with E-state index in [-0.39, 0.29) is 24.2 Å². The van der Waals surface area contributed by atoms with E-state index in [0.29, 0.717) is 43.7 Å². The van der Waals surface area contributed by atoms with Crippen LogP contribution in [0.25, 0.3) is 11.0 Å². The maximum atomic E-state index is 13.4. The Morgan fingerprint density at radius 2 is 1.94 bits per heavy atom. The predicted octanol–water partition coefficient (Wildman–Crippen LogP) is 2.49. The third kappa shape index (κ3) is 5.87. The zero-order valence-electron chi connectivity index (χ0n) is 20.6. The number of furan rings is 1. The fraction of sp³-hybridized carbons (Fsp3) is 0.520. The molecule has 0 radical (unpaired) electrons. The van der Waals surface area contributed by atoms with Gasteiger partial charge in [0.1, 0.15) is 23.2 Å². The molecule has 1 aromatic carbocycles. The van der Waals surface area contributed by atoms with Crippen LogP contribution in [0.3, 0.4) is 0 Å². The second-order valence-corrected chi connectivity index (χ2v) is 11.6. The number of nitriles is 1. The molecule has 10 nitrogen and oxygen atoms in total. The summed E-state index contributed by atoms with van der Waals surface area (Å²) in [6.07, 6.45) is 4.71. The van der Waals surface area contributed by atoms with E-state index in [9.17, 15) is 23.3 Å². The number of hydrogen-bond donors (Lipinski definition) is 1. The second-order valence-electron chi connectivity index (χ2n) is 9.45. The number of aryl methyl sites for hydroxylation is 1. The van der Waals surface area contributed by atoms with Crippen LogP contribution < -0.4 is 5.32 Å². The van der Waals surface area contributed by atoms with Gasteiger partial charge in [-0.05, 0) is 63.3 Å². The van der Waals surface area contributed by atoms with Crippen molar-refractivity contribution in [3.8, 4) is 6.07 Å². The maximum absolute atomic E-state index is 13.4. The molecule has 11 heteroatoms. The van der Waals surface area contributed by atoms with E-state index < -0.39 is 21.1 Å². The molecule has 2 atom stereocenters. The predicted molar refractivity (Wildman–Crippen MR) is 136 cm³/mol. The number of anilines is 1. The van der Waals surface area contributed by atoms with Gasteiger partial charge in [-0.25, -0.2) is 8.42 Å². The molecule has 1 unspecified atom stereocenters. The fourth-order valence-corrected chi connectivity index (χ4v) is 5.40. The summed E-state index contributed by atoms with van der Waals surface area (Å²) in [4.78, 5) is 33.9. The molecule has 0 aliphatic carbocycles. The van der Waals surface area contributed by atoms with Gasteiger partial charge in [-0.3, -0.25) is 14.6 Å².